The second-order valence-corrected chi connectivity index (χ2v) is 6.72. The van der Waals surface area contributed by atoms with Crippen molar-refractivity contribution in [2.75, 3.05) is 0 Å². The molecule has 0 saturated heterocycles. The van der Waals surface area contributed by atoms with E-state index in [-0.39, 0.29) is 11.3 Å². The Balaban J connectivity index is 1.74. The van der Waals surface area contributed by atoms with Crippen LogP contribution in [-0.4, -0.2) is 15.9 Å². The molecule has 3 rings (SSSR count). The Kier molecular flexibility index (Phi) is 4.55. The number of alkyl halides is 3. The van der Waals surface area contributed by atoms with Crippen LogP contribution in [0.5, 0.6) is 5.75 Å². The molecular formula is C15H11F3N2O2S2. The number of thiophene rings is 1. The highest BCUT2D eigenvalue weighted by Gasteiger charge is 2.30. The van der Waals surface area contributed by atoms with E-state index in [1.165, 1.54) is 39.8 Å². The number of halogens is 3. The van der Waals surface area contributed by atoms with Gasteiger partial charge in [-0.1, -0.05) is 23.9 Å². The maximum Gasteiger partial charge on any atom is 0.573 e. The van der Waals surface area contributed by atoms with Crippen LogP contribution in [0.15, 0.2) is 45.7 Å². The van der Waals surface area contributed by atoms with Gasteiger partial charge in [0.15, 0.2) is 5.16 Å². The van der Waals surface area contributed by atoms with E-state index >= 15 is 0 Å². The molecule has 0 aliphatic heterocycles. The van der Waals surface area contributed by atoms with Gasteiger partial charge in [0.2, 0.25) is 0 Å². The number of hydrogen-bond acceptors (Lipinski definition) is 5. The standard InChI is InChI=1S/C15H11F3N2O2S2/c1-20-13(21)11-6-7-23-12(11)19-14(20)24-8-9-2-4-10(5-3-9)22-15(16,17)18/h2-7H,8H2,1H3. The molecule has 0 radical (unpaired) electrons. The third-order valence-corrected chi connectivity index (χ3v) is 5.10. The molecule has 0 atom stereocenters. The molecule has 0 N–H and O–H groups in total. The van der Waals surface area contributed by atoms with Gasteiger partial charge >= 0.3 is 6.36 Å². The monoisotopic (exact) mass is 372 g/mol. The number of ether oxygens (including phenoxy) is 1. The van der Waals surface area contributed by atoms with E-state index in [1.807, 2.05) is 5.38 Å². The Bertz CT molecular complexity index is 917. The summed E-state index contributed by atoms with van der Waals surface area (Å²) in [6.07, 6.45) is -4.70. The van der Waals surface area contributed by atoms with Crippen LogP contribution in [0.3, 0.4) is 0 Å². The fraction of sp³-hybridized carbons (Fsp3) is 0.200. The lowest BCUT2D eigenvalue weighted by Gasteiger charge is -2.10. The van der Waals surface area contributed by atoms with Crippen LogP contribution < -0.4 is 10.3 Å². The number of nitrogens with zero attached hydrogens (tertiary/aromatic N) is 2. The van der Waals surface area contributed by atoms with Crippen LogP contribution in [-0.2, 0) is 12.8 Å². The summed E-state index contributed by atoms with van der Waals surface area (Å²) < 4.78 is 41.7. The highest BCUT2D eigenvalue weighted by molar-refractivity contribution is 7.98. The molecular weight excluding hydrogens is 361 g/mol. The third kappa shape index (κ3) is 3.73. The maximum atomic E-state index is 12.2. The van der Waals surface area contributed by atoms with Crippen LogP contribution in [0.25, 0.3) is 10.2 Å². The molecule has 0 aliphatic rings. The minimum atomic E-state index is -4.70. The molecule has 0 fully saturated rings. The average Bonchev–Trinajstić information content (AvgIpc) is 2.98. The van der Waals surface area contributed by atoms with E-state index < -0.39 is 6.36 Å². The summed E-state index contributed by atoms with van der Waals surface area (Å²) in [6.45, 7) is 0. The highest BCUT2D eigenvalue weighted by Crippen LogP contribution is 2.26. The molecule has 1 aromatic carbocycles. The number of benzene rings is 1. The van der Waals surface area contributed by atoms with Gasteiger partial charge in [0.05, 0.1) is 5.39 Å². The van der Waals surface area contributed by atoms with Gasteiger partial charge in [-0.05, 0) is 29.1 Å². The predicted octanol–water partition coefficient (Wildman–Crippen LogP) is 4.19. The average molecular weight is 372 g/mol. The van der Waals surface area contributed by atoms with E-state index in [0.717, 1.165) is 5.56 Å². The van der Waals surface area contributed by atoms with Crippen LogP contribution in [0.1, 0.15) is 5.56 Å². The molecule has 2 aromatic heterocycles. The molecule has 0 aliphatic carbocycles. The van der Waals surface area contributed by atoms with E-state index in [9.17, 15) is 18.0 Å². The van der Waals surface area contributed by atoms with Crippen molar-refractivity contribution in [1.29, 1.82) is 0 Å². The first kappa shape index (κ1) is 16.8. The van der Waals surface area contributed by atoms with Gasteiger partial charge in [0.1, 0.15) is 10.6 Å². The predicted molar refractivity (Wildman–Crippen MR) is 87.5 cm³/mol. The third-order valence-electron chi connectivity index (χ3n) is 3.19. The molecule has 2 heterocycles. The van der Waals surface area contributed by atoms with Crippen LogP contribution in [0.2, 0.25) is 0 Å². The summed E-state index contributed by atoms with van der Waals surface area (Å²) in [5.74, 6) is 0.213. The summed E-state index contributed by atoms with van der Waals surface area (Å²) in [6, 6.07) is 7.37. The number of aromatic nitrogens is 2. The van der Waals surface area contributed by atoms with Crippen molar-refractivity contribution in [1.82, 2.24) is 9.55 Å². The van der Waals surface area contributed by atoms with Crippen molar-refractivity contribution in [2.45, 2.75) is 17.3 Å². The van der Waals surface area contributed by atoms with Crippen molar-refractivity contribution in [2.24, 2.45) is 7.05 Å². The molecule has 0 saturated carbocycles. The molecule has 0 bridgehead atoms. The van der Waals surface area contributed by atoms with Crippen molar-refractivity contribution < 1.29 is 17.9 Å². The summed E-state index contributed by atoms with van der Waals surface area (Å²) in [7, 11) is 1.65. The molecule has 0 spiro atoms. The van der Waals surface area contributed by atoms with Gasteiger partial charge in [-0.15, -0.1) is 24.5 Å². The zero-order valence-corrected chi connectivity index (χ0v) is 14.0. The zero-order valence-electron chi connectivity index (χ0n) is 12.3. The van der Waals surface area contributed by atoms with Gasteiger partial charge in [-0.2, -0.15) is 0 Å². The van der Waals surface area contributed by atoms with E-state index in [2.05, 4.69) is 9.72 Å². The van der Waals surface area contributed by atoms with Crippen molar-refractivity contribution >= 4 is 33.3 Å². The van der Waals surface area contributed by atoms with E-state index in [4.69, 9.17) is 0 Å². The Morgan fingerprint density at radius 1 is 1.25 bits per heavy atom. The fourth-order valence-electron chi connectivity index (χ4n) is 2.04. The number of thioether (sulfide) groups is 1. The number of rotatable bonds is 4. The quantitative estimate of drug-likeness (QED) is 0.509. The van der Waals surface area contributed by atoms with Crippen LogP contribution in [0, 0.1) is 0 Å². The van der Waals surface area contributed by atoms with Crippen molar-refractivity contribution in [3.8, 4) is 5.75 Å². The fourth-order valence-corrected chi connectivity index (χ4v) is 3.78. The maximum absolute atomic E-state index is 12.2. The van der Waals surface area contributed by atoms with Gasteiger partial charge in [0, 0.05) is 12.8 Å². The summed E-state index contributed by atoms with van der Waals surface area (Å²) >= 11 is 2.74. The second-order valence-electron chi connectivity index (χ2n) is 4.88. The lowest BCUT2D eigenvalue weighted by Crippen LogP contribution is -2.19. The number of hydrogen-bond donors (Lipinski definition) is 0. The zero-order chi connectivity index (χ0) is 17.3. The molecule has 4 nitrogen and oxygen atoms in total. The van der Waals surface area contributed by atoms with Gasteiger partial charge in [-0.3, -0.25) is 9.36 Å². The van der Waals surface area contributed by atoms with Crippen molar-refractivity contribution in [3.63, 3.8) is 0 Å². The summed E-state index contributed by atoms with van der Waals surface area (Å²) in [5.41, 5.74) is 0.688. The van der Waals surface area contributed by atoms with Crippen molar-refractivity contribution in [3.05, 3.63) is 51.6 Å². The lowest BCUT2D eigenvalue weighted by atomic mass is 10.2. The smallest absolute Gasteiger partial charge is 0.406 e. The Labute approximate surface area is 142 Å². The second kappa shape index (κ2) is 6.48. The highest BCUT2D eigenvalue weighted by atomic mass is 32.2. The van der Waals surface area contributed by atoms with E-state index in [1.54, 1.807) is 25.2 Å². The largest absolute Gasteiger partial charge is 0.573 e. The van der Waals surface area contributed by atoms with Gasteiger partial charge < -0.3 is 4.74 Å². The normalized spacial score (nSPS) is 11.8. The lowest BCUT2D eigenvalue weighted by molar-refractivity contribution is -0.274. The SMILES string of the molecule is Cn1c(SCc2ccc(OC(F)(F)F)cc2)nc2sccc2c1=O. The molecule has 3 aromatic rings. The Hall–Kier alpha value is -2.00. The molecule has 9 heteroatoms. The number of fused-ring (bicyclic) bond motifs is 1. The van der Waals surface area contributed by atoms with Crippen LogP contribution in [0.4, 0.5) is 13.2 Å². The molecule has 126 valence electrons. The molecule has 0 amide bonds. The molecule has 0 unspecified atom stereocenters. The summed E-state index contributed by atoms with van der Waals surface area (Å²) in [4.78, 5) is 17.3. The van der Waals surface area contributed by atoms with Crippen LogP contribution >= 0.6 is 23.1 Å². The molecule has 24 heavy (non-hydrogen) atoms. The van der Waals surface area contributed by atoms with Gasteiger partial charge in [0.25, 0.3) is 5.56 Å². The van der Waals surface area contributed by atoms with E-state index in [0.29, 0.717) is 21.1 Å². The minimum absolute atomic E-state index is 0.113. The summed E-state index contributed by atoms with van der Waals surface area (Å²) in [5, 5.41) is 2.96. The topological polar surface area (TPSA) is 44.1 Å². The van der Waals surface area contributed by atoms with Gasteiger partial charge in [-0.25, -0.2) is 4.98 Å². The first-order valence-electron chi connectivity index (χ1n) is 6.75. The Morgan fingerprint density at radius 3 is 2.62 bits per heavy atom. The first-order chi connectivity index (χ1) is 11.3. The Morgan fingerprint density at radius 2 is 1.96 bits per heavy atom. The minimum Gasteiger partial charge on any atom is -0.406 e. The first-order valence-corrected chi connectivity index (χ1v) is 8.62.